The number of carbonyl (C=O) groups excluding carboxylic acids is 2. The fourth-order valence-electron chi connectivity index (χ4n) is 3.65. The minimum atomic E-state index is -0.174. The van der Waals surface area contributed by atoms with Crippen molar-refractivity contribution in [2.75, 3.05) is 0 Å². The first kappa shape index (κ1) is 19.3. The van der Waals surface area contributed by atoms with Crippen LogP contribution in [-0.2, 0) is 16.0 Å². The number of benzene rings is 1. The van der Waals surface area contributed by atoms with E-state index < -0.39 is 0 Å². The summed E-state index contributed by atoms with van der Waals surface area (Å²) in [5.41, 5.74) is 2.60. The van der Waals surface area contributed by atoms with Crippen molar-refractivity contribution >= 4 is 11.7 Å². The van der Waals surface area contributed by atoms with Crippen molar-refractivity contribution in [3.8, 4) is 11.5 Å². The number of Topliss-reactive ketones (excluding diaryl/α,β-unsaturated/α-hetero) is 1. The van der Waals surface area contributed by atoms with Gasteiger partial charge in [0, 0.05) is 11.6 Å². The Balaban J connectivity index is 1.58. The van der Waals surface area contributed by atoms with Crippen LogP contribution >= 0.6 is 0 Å². The zero-order valence-corrected chi connectivity index (χ0v) is 16.2. The summed E-state index contributed by atoms with van der Waals surface area (Å²) in [6.07, 6.45) is 6.84. The van der Waals surface area contributed by atoms with Crippen LogP contribution in [0, 0.1) is 13.8 Å². The zero-order chi connectivity index (χ0) is 19.2. The summed E-state index contributed by atoms with van der Waals surface area (Å²) in [4.78, 5) is 29.1. The third-order valence-corrected chi connectivity index (χ3v) is 5.21. The van der Waals surface area contributed by atoms with Crippen LogP contribution in [0.1, 0.15) is 62.0 Å². The summed E-state index contributed by atoms with van der Waals surface area (Å²) >= 11 is 0. The maximum absolute atomic E-state index is 12.4. The Labute approximate surface area is 160 Å². The molecule has 1 aliphatic rings. The van der Waals surface area contributed by atoms with Crippen molar-refractivity contribution in [1.82, 2.24) is 10.3 Å². The number of oxazole rings is 1. The van der Waals surface area contributed by atoms with Crippen LogP contribution in [0.15, 0.2) is 28.7 Å². The Morgan fingerprint density at radius 2 is 1.81 bits per heavy atom. The van der Waals surface area contributed by atoms with Gasteiger partial charge in [-0.2, -0.15) is 0 Å². The number of nitrogens with one attached hydrogen (secondary N) is 1. The Kier molecular flexibility index (Phi) is 6.43. The molecule has 1 amide bonds. The molecule has 1 N–H and O–H groups in total. The van der Waals surface area contributed by atoms with E-state index in [2.05, 4.69) is 10.3 Å². The van der Waals surface area contributed by atoms with Crippen LogP contribution in [0.5, 0.6) is 0 Å². The molecule has 0 bridgehead atoms. The van der Waals surface area contributed by atoms with E-state index in [1.807, 2.05) is 38.1 Å². The van der Waals surface area contributed by atoms with Crippen molar-refractivity contribution in [2.24, 2.45) is 0 Å². The van der Waals surface area contributed by atoms with Gasteiger partial charge in [-0.05, 0) is 38.3 Å². The number of aromatic nitrogens is 1. The maximum Gasteiger partial charge on any atom is 0.227 e. The van der Waals surface area contributed by atoms with Crippen molar-refractivity contribution in [3.05, 3.63) is 41.3 Å². The molecule has 3 rings (SSSR count). The lowest BCUT2D eigenvalue weighted by Gasteiger charge is -2.15. The number of rotatable bonds is 6. The molecule has 0 unspecified atom stereocenters. The highest BCUT2D eigenvalue weighted by atomic mass is 16.4. The molecule has 1 aromatic carbocycles. The highest BCUT2D eigenvalue weighted by molar-refractivity contribution is 5.98. The molecule has 0 saturated heterocycles. The summed E-state index contributed by atoms with van der Waals surface area (Å²) in [5.74, 6) is 0.850. The SMILES string of the molecule is Cc1ccccc1-c1nc(CC(=O)CC(=O)NC2CCCCCC2)c(C)o1. The van der Waals surface area contributed by atoms with Crippen LogP contribution in [0.25, 0.3) is 11.5 Å². The number of ketones is 1. The molecule has 1 saturated carbocycles. The van der Waals surface area contributed by atoms with Gasteiger partial charge in [-0.15, -0.1) is 0 Å². The lowest BCUT2D eigenvalue weighted by atomic mass is 10.1. The Morgan fingerprint density at radius 3 is 2.52 bits per heavy atom. The number of carbonyl (C=O) groups is 2. The monoisotopic (exact) mass is 368 g/mol. The van der Waals surface area contributed by atoms with Gasteiger partial charge in [-0.1, -0.05) is 43.9 Å². The molecule has 1 heterocycles. The quantitative estimate of drug-likeness (QED) is 0.609. The van der Waals surface area contributed by atoms with Crippen LogP contribution in [0.4, 0.5) is 0 Å². The van der Waals surface area contributed by atoms with E-state index in [0.29, 0.717) is 17.3 Å². The first-order valence-electron chi connectivity index (χ1n) is 9.86. The Morgan fingerprint density at radius 1 is 1.11 bits per heavy atom. The smallest absolute Gasteiger partial charge is 0.227 e. The van der Waals surface area contributed by atoms with Crippen LogP contribution in [-0.4, -0.2) is 22.7 Å². The van der Waals surface area contributed by atoms with Gasteiger partial charge >= 0.3 is 0 Å². The van der Waals surface area contributed by atoms with Crippen molar-refractivity contribution < 1.29 is 14.0 Å². The van der Waals surface area contributed by atoms with Crippen molar-refractivity contribution in [2.45, 2.75) is 71.3 Å². The predicted octanol–water partition coefficient (Wildman–Crippen LogP) is 4.30. The van der Waals surface area contributed by atoms with Crippen molar-refractivity contribution in [3.63, 3.8) is 0 Å². The van der Waals surface area contributed by atoms with Gasteiger partial charge in [0.1, 0.15) is 11.5 Å². The van der Waals surface area contributed by atoms with Gasteiger partial charge in [0.05, 0.1) is 18.5 Å². The average Bonchev–Trinajstić information content (AvgIpc) is 2.82. The minimum absolute atomic E-state index is 0.0947. The maximum atomic E-state index is 12.4. The summed E-state index contributed by atoms with van der Waals surface area (Å²) < 4.78 is 5.76. The van der Waals surface area contributed by atoms with Crippen LogP contribution in [0.3, 0.4) is 0 Å². The number of hydrogen-bond donors (Lipinski definition) is 1. The highest BCUT2D eigenvalue weighted by Gasteiger charge is 2.20. The van der Waals surface area contributed by atoms with E-state index in [1.165, 1.54) is 12.8 Å². The average molecular weight is 368 g/mol. The molecule has 0 aliphatic heterocycles. The lowest BCUT2D eigenvalue weighted by molar-refractivity contribution is -0.128. The second-order valence-corrected chi connectivity index (χ2v) is 7.49. The van der Waals surface area contributed by atoms with Gasteiger partial charge in [0.2, 0.25) is 11.8 Å². The van der Waals surface area contributed by atoms with E-state index in [4.69, 9.17) is 4.42 Å². The molecule has 1 fully saturated rings. The van der Waals surface area contributed by atoms with E-state index in [1.54, 1.807) is 0 Å². The van der Waals surface area contributed by atoms with E-state index in [-0.39, 0.29) is 30.6 Å². The molecule has 144 valence electrons. The summed E-state index contributed by atoms with van der Waals surface area (Å²) in [7, 11) is 0. The van der Waals surface area contributed by atoms with Gasteiger partial charge in [0.15, 0.2) is 0 Å². The van der Waals surface area contributed by atoms with E-state index in [9.17, 15) is 9.59 Å². The third kappa shape index (κ3) is 5.28. The Bertz CT molecular complexity index is 802. The second-order valence-electron chi connectivity index (χ2n) is 7.49. The predicted molar refractivity (Wildman–Crippen MR) is 104 cm³/mol. The molecule has 2 aromatic rings. The molecule has 0 spiro atoms. The molecule has 5 nitrogen and oxygen atoms in total. The standard InChI is InChI=1S/C22H28N2O3/c1-15-9-7-8-12-19(15)22-24-20(16(2)27-22)13-18(25)14-21(26)23-17-10-5-3-4-6-11-17/h7-9,12,17H,3-6,10-11,13-14H2,1-2H3,(H,23,26). The largest absolute Gasteiger partial charge is 0.441 e. The summed E-state index contributed by atoms with van der Waals surface area (Å²) in [6.45, 7) is 3.81. The normalized spacial score (nSPS) is 15.3. The van der Waals surface area contributed by atoms with Gasteiger partial charge < -0.3 is 9.73 Å². The highest BCUT2D eigenvalue weighted by Crippen LogP contribution is 2.25. The number of hydrogen-bond acceptors (Lipinski definition) is 4. The second kappa shape index (κ2) is 8.98. The molecule has 0 atom stereocenters. The topological polar surface area (TPSA) is 72.2 Å². The van der Waals surface area contributed by atoms with Crippen molar-refractivity contribution in [1.29, 1.82) is 0 Å². The molecular formula is C22H28N2O3. The van der Waals surface area contributed by atoms with Crippen LogP contribution in [0.2, 0.25) is 0 Å². The van der Waals surface area contributed by atoms with Gasteiger partial charge in [-0.3, -0.25) is 9.59 Å². The number of aryl methyl sites for hydroxylation is 2. The molecule has 1 aromatic heterocycles. The fraction of sp³-hybridized carbons (Fsp3) is 0.500. The summed E-state index contributed by atoms with van der Waals surface area (Å²) in [6, 6.07) is 8.06. The zero-order valence-electron chi connectivity index (χ0n) is 16.2. The molecule has 1 aliphatic carbocycles. The van der Waals surface area contributed by atoms with Gasteiger partial charge in [-0.25, -0.2) is 4.98 Å². The first-order chi connectivity index (χ1) is 13.0. The Hall–Kier alpha value is -2.43. The van der Waals surface area contributed by atoms with Crippen LogP contribution < -0.4 is 5.32 Å². The molecule has 0 radical (unpaired) electrons. The minimum Gasteiger partial charge on any atom is -0.441 e. The molecular weight excluding hydrogens is 340 g/mol. The first-order valence-corrected chi connectivity index (χ1v) is 9.86. The van der Waals surface area contributed by atoms with E-state index in [0.717, 1.165) is 36.8 Å². The van der Waals surface area contributed by atoms with E-state index >= 15 is 0 Å². The lowest BCUT2D eigenvalue weighted by Crippen LogP contribution is -2.35. The fourth-order valence-corrected chi connectivity index (χ4v) is 3.65. The third-order valence-electron chi connectivity index (χ3n) is 5.21. The van der Waals surface area contributed by atoms with Gasteiger partial charge in [0.25, 0.3) is 0 Å². The molecule has 5 heteroatoms. The molecule has 27 heavy (non-hydrogen) atoms. The number of amides is 1. The number of nitrogens with zero attached hydrogens (tertiary/aromatic N) is 1. The summed E-state index contributed by atoms with van der Waals surface area (Å²) in [5, 5.41) is 3.03.